The van der Waals surface area contributed by atoms with Crippen molar-refractivity contribution in [3.05, 3.63) is 24.1 Å². The minimum Gasteiger partial charge on any atom is -0.393 e. The van der Waals surface area contributed by atoms with Gasteiger partial charge in [-0.1, -0.05) is 0 Å². The Morgan fingerprint density at radius 2 is 2.26 bits per heavy atom. The van der Waals surface area contributed by atoms with E-state index >= 15 is 0 Å². The molecule has 4 nitrogen and oxygen atoms in total. The molecule has 1 aromatic heterocycles. The van der Waals surface area contributed by atoms with Crippen LogP contribution in [0.2, 0.25) is 0 Å². The van der Waals surface area contributed by atoms with Crippen molar-refractivity contribution in [1.82, 2.24) is 4.98 Å². The Bertz CT molecular complexity index is 426. The standard InChI is InChI=1S/C14H19FN2O2/c15-10-3-4-14(16-8-10)17-6-1-2-12(17)11-9-19-7-5-13(11)18/h3-4,8,11-13,18H,1-2,5-7,9H2/t11-,12+,13-/m1/s1. The molecule has 0 unspecified atom stereocenters. The first-order chi connectivity index (χ1) is 9.25. The highest BCUT2D eigenvalue weighted by Gasteiger charge is 2.38. The largest absolute Gasteiger partial charge is 0.393 e. The van der Waals surface area contributed by atoms with Crippen LogP contribution in [0.15, 0.2) is 18.3 Å². The molecule has 2 aliphatic rings. The van der Waals surface area contributed by atoms with E-state index in [9.17, 15) is 9.50 Å². The van der Waals surface area contributed by atoms with Crippen LogP contribution in [-0.2, 0) is 4.74 Å². The topological polar surface area (TPSA) is 45.6 Å². The molecule has 0 aromatic carbocycles. The van der Waals surface area contributed by atoms with Crippen LogP contribution in [-0.4, -0.2) is 42.0 Å². The van der Waals surface area contributed by atoms with Gasteiger partial charge in [0, 0.05) is 25.1 Å². The monoisotopic (exact) mass is 266 g/mol. The van der Waals surface area contributed by atoms with Crippen LogP contribution in [0, 0.1) is 11.7 Å². The molecule has 1 N–H and O–H groups in total. The zero-order valence-corrected chi connectivity index (χ0v) is 10.8. The second kappa shape index (κ2) is 5.43. The number of aliphatic hydroxyl groups excluding tert-OH is 1. The van der Waals surface area contributed by atoms with Crippen molar-refractivity contribution in [2.75, 3.05) is 24.7 Å². The molecule has 5 heteroatoms. The molecule has 19 heavy (non-hydrogen) atoms. The van der Waals surface area contributed by atoms with E-state index < -0.39 is 0 Å². The van der Waals surface area contributed by atoms with Crippen molar-refractivity contribution in [3.63, 3.8) is 0 Å². The summed E-state index contributed by atoms with van der Waals surface area (Å²) in [5.41, 5.74) is 0. The molecule has 0 bridgehead atoms. The lowest BCUT2D eigenvalue weighted by Crippen LogP contribution is -2.46. The molecule has 0 radical (unpaired) electrons. The molecule has 2 fully saturated rings. The normalized spacial score (nSPS) is 31.7. The summed E-state index contributed by atoms with van der Waals surface area (Å²) in [5, 5.41) is 10.2. The smallest absolute Gasteiger partial charge is 0.141 e. The summed E-state index contributed by atoms with van der Waals surface area (Å²) in [6.45, 7) is 2.15. The van der Waals surface area contributed by atoms with Gasteiger partial charge >= 0.3 is 0 Å². The second-order valence-corrected chi connectivity index (χ2v) is 5.33. The lowest BCUT2D eigenvalue weighted by molar-refractivity contribution is -0.0438. The molecule has 2 saturated heterocycles. The van der Waals surface area contributed by atoms with E-state index in [1.54, 1.807) is 6.07 Å². The molecule has 3 atom stereocenters. The van der Waals surface area contributed by atoms with Crippen LogP contribution < -0.4 is 4.90 Å². The van der Waals surface area contributed by atoms with E-state index in [0.717, 1.165) is 25.2 Å². The molecule has 0 aliphatic carbocycles. The Morgan fingerprint density at radius 3 is 3.00 bits per heavy atom. The van der Waals surface area contributed by atoms with Crippen molar-refractivity contribution < 1.29 is 14.2 Å². The third kappa shape index (κ3) is 2.58. The number of hydrogen-bond acceptors (Lipinski definition) is 4. The van der Waals surface area contributed by atoms with Crippen LogP contribution in [0.1, 0.15) is 19.3 Å². The summed E-state index contributed by atoms with van der Waals surface area (Å²) in [5.74, 6) is 0.602. The Hall–Kier alpha value is -1.20. The number of halogens is 1. The molecular weight excluding hydrogens is 247 g/mol. The first kappa shape index (κ1) is 12.8. The van der Waals surface area contributed by atoms with Gasteiger partial charge in [-0.25, -0.2) is 9.37 Å². The number of anilines is 1. The van der Waals surface area contributed by atoms with Gasteiger partial charge in [0.05, 0.1) is 18.9 Å². The maximum atomic E-state index is 12.9. The number of hydrogen-bond donors (Lipinski definition) is 1. The van der Waals surface area contributed by atoms with Gasteiger partial charge in [0.15, 0.2) is 0 Å². The zero-order chi connectivity index (χ0) is 13.2. The molecule has 3 rings (SSSR count). The van der Waals surface area contributed by atoms with Crippen LogP contribution in [0.25, 0.3) is 0 Å². The zero-order valence-electron chi connectivity index (χ0n) is 10.8. The van der Waals surface area contributed by atoms with Crippen LogP contribution in [0.3, 0.4) is 0 Å². The number of pyridine rings is 1. The number of ether oxygens (including phenoxy) is 1. The Kier molecular flexibility index (Phi) is 3.66. The molecule has 0 saturated carbocycles. The number of aliphatic hydroxyl groups is 1. The Morgan fingerprint density at radius 1 is 1.37 bits per heavy atom. The number of nitrogens with zero attached hydrogens (tertiary/aromatic N) is 2. The van der Waals surface area contributed by atoms with E-state index in [0.29, 0.717) is 19.6 Å². The molecule has 3 heterocycles. The predicted octanol–water partition coefficient (Wildman–Crippen LogP) is 1.59. The van der Waals surface area contributed by atoms with Crippen LogP contribution in [0.5, 0.6) is 0 Å². The van der Waals surface area contributed by atoms with Crippen molar-refractivity contribution >= 4 is 5.82 Å². The molecule has 0 amide bonds. The summed E-state index contributed by atoms with van der Waals surface area (Å²) < 4.78 is 18.4. The minimum atomic E-state index is -0.319. The van der Waals surface area contributed by atoms with E-state index in [2.05, 4.69) is 9.88 Å². The highest BCUT2D eigenvalue weighted by atomic mass is 19.1. The predicted molar refractivity (Wildman–Crippen MR) is 69.5 cm³/mol. The second-order valence-electron chi connectivity index (χ2n) is 5.33. The van der Waals surface area contributed by atoms with Crippen LogP contribution >= 0.6 is 0 Å². The summed E-state index contributed by atoms with van der Waals surface area (Å²) in [4.78, 5) is 6.34. The number of rotatable bonds is 2. The van der Waals surface area contributed by atoms with Crippen LogP contribution in [0.4, 0.5) is 10.2 Å². The lowest BCUT2D eigenvalue weighted by atomic mass is 9.89. The van der Waals surface area contributed by atoms with Gasteiger partial charge in [-0.2, -0.15) is 0 Å². The Labute approximate surface area is 112 Å². The van der Waals surface area contributed by atoms with Gasteiger partial charge < -0.3 is 14.7 Å². The maximum absolute atomic E-state index is 12.9. The molecular formula is C14H19FN2O2. The molecule has 1 aromatic rings. The first-order valence-electron chi connectivity index (χ1n) is 6.90. The summed E-state index contributed by atoms with van der Waals surface area (Å²) in [6.07, 6.45) is 3.75. The first-order valence-corrected chi connectivity index (χ1v) is 6.90. The summed E-state index contributed by atoms with van der Waals surface area (Å²) in [6, 6.07) is 3.39. The van der Waals surface area contributed by atoms with Gasteiger partial charge in [0.1, 0.15) is 11.6 Å². The van der Waals surface area contributed by atoms with Crippen molar-refractivity contribution in [3.8, 4) is 0 Å². The van der Waals surface area contributed by atoms with Crippen molar-refractivity contribution in [2.45, 2.75) is 31.4 Å². The van der Waals surface area contributed by atoms with Gasteiger partial charge in [-0.3, -0.25) is 0 Å². The van der Waals surface area contributed by atoms with Gasteiger partial charge in [0.25, 0.3) is 0 Å². The minimum absolute atomic E-state index is 0.128. The average molecular weight is 266 g/mol. The SMILES string of the molecule is O[C@@H]1CCOC[C@@H]1[C@@H]1CCCN1c1ccc(F)cn1. The van der Waals surface area contributed by atoms with Crippen molar-refractivity contribution in [2.24, 2.45) is 5.92 Å². The fourth-order valence-electron chi connectivity index (χ4n) is 3.18. The fraction of sp³-hybridized carbons (Fsp3) is 0.643. The maximum Gasteiger partial charge on any atom is 0.141 e. The highest BCUT2D eigenvalue weighted by Crippen LogP contribution is 2.32. The van der Waals surface area contributed by atoms with Gasteiger partial charge in [-0.15, -0.1) is 0 Å². The molecule has 104 valence electrons. The highest BCUT2D eigenvalue weighted by molar-refractivity contribution is 5.41. The fourth-order valence-corrected chi connectivity index (χ4v) is 3.18. The average Bonchev–Trinajstić information content (AvgIpc) is 2.89. The van der Waals surface area contributed by atoms with E-state index in [1.807, 2.05) is 0 Å². The molecule has 2 aliphatic heterocycles. The van der Waals surface area contributed by atoms with E-state index in [4.69, 9.17) is 4.74 Å². The van der Waals surface area contributed by atoms with Gasteiger partial charge in [-0.05, 0) is 31.4 Å². The summed E-state index contributed by atoms with van der Waals surface area (Å²) >= 11 is 0. The van der Waals surface area contributed by atoms with Crippen molar-refractivity contribution in [1.29, 1.82) is 0 Å². The lowest BCUT2D eigenvalue weighted by Gasteiger charge is -2.37. The quantitative estimate of drug-likeness (QED) is 0.883. The molecule has 0 spiro atoms. The third-order valence-electron chi connectivity index (χ3n) is 4.16. The Balaban J connectivity index is 1.79. The van der Waals surface area contributed by atoms with E-state index in [1.165, 1.54) is 12.3 Å². The van der Waals surface area contributed by atoms with Gasteiger partial charge in [0.2, 0.25) is 0 Å². The van der Waals surface area contributed by atoms with E-state index in [-0.39, 0.29) is 23.9 Å². The number of aromatic nitrogens is 1. The summed E-state index contributed by atoms with van der Waals surface area (Å²) in [7, 11) is 0. The third-order valence-corrected chi connectivity index (χ3v) is 4.16.